The van der Waals surface area contributed by atoms with Crippen molar-refractivity contribution in [3.63, 3.8) is 0 Å². The number of benzene rings is 1. The van der Waals surface area contributed by atoms with Gasteiger partial charge in [-0.3, -0.25) is 14.6 Å². The van der Waals surface area contributed by atoms with Gasteiger partial charge in [-0.2, -0.15) is 16.9 Å². The molecule has 0 aliphatic heterocycles. The van der Waals surface area contributed by atoms with E-state index in [1.165, 1.54) is 12.3 Å². The summed E-state index contributed by atoms with van der Waals surface area (Å²) in [6.45, 7) is 5.73. The minimum absolute atomic E-state index is 0.121. The highest BCUT2D eigenvalue weighted by Gasteiger charge is 2.48. The summed E-state index contributed by atoms with van der Waals surface area (Å²) in [7, 11) is -0.596. The van der Waals surface area contributed by atoms with E-state index in [9.17, 15) is 9.59 Å². The number of nitrogens with zero attached hydrogens (tertiary/aromatic N) is 3. The van der Waals surface area contributed by atoms with Gasteiger partial charge in [-0.15, -0.1) is 0 Å². The smallest absolute Gasteiger partial charge is 0.270 e. The highest BCUT2D eigenvalue weighted by Crippen LogP contribution is 2.51. The molecule has 2 saturated carbocycles. The molecule has 2 aromatic rings. The third-order valence-electron chi connectivity index (χ3n) is 8.23. The number of carbonyl (C=O) groups excluding carboxylic acids is 2. The highest BCUT2D eigenvalue weighted by atomic mass is 32.3. The lowest BCUT2D eigenvalue weighted by atomic mass is 9.88. The number of amides is 2. The van der Waals surface area contributed by atoms with E-state index in [4.69, 9.17) is 15.6 Å². The molecule has 1 aromatic heterocycles. The maximum Gasteiger partial charge on any atom is 0.270 e. The monoisotopic (exact) mass is 642 g/mol. The van der Waals surface area contributed by atoms with Gasteiger partial charge in [-0.05, 0) is 112 Å². The molecule has 44 heavy (non-hydrogen) atoms. The van der Waals surface area contributed by atoms with E-state index in [-0.39, 0.29) is 23.4 Å². The fraction of sp³-hybridized carbons (Fsp3) is 0.576. The van der Waals surface area contributed by atoms with Crippen LogP contribution in [0.25, 0.3) is 11.1 Å². The van der Waals surface area contributed by atoms with E-state index in [1.807, 2.05) is 42.1 Å². The summed E-state index contributed by atoms with van der Waals surface area (Å²) < 4.78 is 7.85. The van der Waals surface area contributed by atoms with Crippen LogP contribution in [-0.4, -0.2) is 83.0 Å². The van der Waals surface area contributed by atoms with Gasteiger partial charge in [-0.1, -0.05) is 12.1 Å². The number of hydrogen-bond acceptors (Lipinski definition) is 7. The number of aliphatic imine (C=N–C) groups is 1. The number of rotatable bonds is 17. The van der Waals surface area contributed by atoms with Crippen molar-refractivity contribution >= 4 is 45.0 Å². The number of nitrogens with two attached hydrogens (primary N) is 1. The van der Waals surface area contributed by atoms with Crippen molar-refractivity contribution < 1.29 is 14.3 Å². The predicted molar refractivity (Wildman–Crippen MR) is 187 cm³/mol. The van der Waals surface area contributed by atoms with Crippen molar-refractivity contribution in [3.05, 3.63) is 47.9 Å². The maximum absolute atomic E-state index is 13.8. The number of thioether (sulfide) groups is 1. The third kappa shape index (κ3) is 9.62. The number of ether oxygens (including phenoxy) is 1. The van der Waals surface area contributed by atoms with Crippen molar-refractivity contribution in [1.82, 2.24) is 15.1 Å². The van der Waals surface area contributed by atoms with Gasteiger partial charge >= 0.3 is 0 Å². The Bertz CT molecular complexity index is 1330. The molecule has 4 N–H and O–H groups in total. The molecule has 2 amide bonds. The second kappa shape index (κ2) is 15.5. The first-order valence-electron chi connectivity index (χ1n) is 15.4. The first kappa shape index (κ1) is 34.1. The predicted octanol–water partition coefficient (Wildman–Crippen LogP) is 4.97. The van der Waals surface area contributed by atoms with Gasteiger partial charge in [0.2, 0.25) is 5.91 Å². The first-order chi connectivity index (χ1) is 21.0. The van der Waals surface area contributed by atoms with Crippen LogP contribution in [0.2, 0.25) is 0 Å². The molecular weight excluding hydrogens is 593 g/mol. The van der Waals surface area contributed by atoms with Gasteiger partial charge in [0.25, 0.3) is 5.91 Å². The van der Waals surface area contributed by atoms with Crippen LogP contribution in [0.1, 0.15) is 37.1 Å². The van der Waals surface area contributed by atoms with Gasteiger partial charge in [0.05, 0.1) is 12.3 Å². The largest absolute Gasteiger partial charge is 0.405 e. The lowest BCUT2D eigenvalue weighted by Gasteiger charge is -2.27. The maximum atomic E-state index is 13.8. The molecular formula is C33H50N6O3S2. The Labute approximate surface area is 268 Å². The second-order valence-corrected chi connectivity index (χ2v) is 18.3. The zero-order valence-corrected chi connectivity index (χ0v) is 28.7. The summed E-state index contributed by atoms with van der Waals surface area (Å²) in [5.74, 6) is 2.36. The van der Waals surface area contributed by atoms with Crippen LogP contribution in [0.4, 0.5) is 5.69 Å². The molecule has 4 rings (SSSR count). The molecule has 1 unspecified atom stereocenters. The summed E-state index contributed by atoms with van der Waals surface area (Å²) in [6.07, 6.45) is 16.1. The molecule has 1 aromatic carbocycles. The van der Waals surface area contributed by atoms with Gasteiger partial charge in [-0.25, -0.2) is 14.7 Å². The molecule has 1 heterocycles. The first-order valence-corrected chi connectivity index (χ1v) is 19.9. The lowest BCUT2D eigenvalue weighted by molar-refractivity contribution is -0.124. The molecule has 9 nitrogen and oxygen atoms in total. The fourth-order valence-electron chi connectivity index (χ4n) is 5.63. The van der Waals surface area contributed by atoms with Crippen LogP contribution < -0.4 is 16.4 Å². The van der Waals surface area contributed by atoms with Crippen LogP contribution in [0.15, 0.2) is 41.5 Å². The molecule has 0 radical (unpaired) electrons. The second-order valence-electron chi connectivity index (χ2n) is 12.8. The number of anilines is 1. The van der Waals surface area contributed by atoms with Crippen molar-refractivity contribution in [2.75, 3.05) is 55.0 Å². The number of aryl methyl sites for hydroxylation is 1. The van der Waals surface area contributed by atoms with Gasteiger partial charge in [0, 0.05) is 35.0 Å². The Morgan fingerprint density at radius 2 is 1.82 bits per heavy atom. The minimum atomic E-state index is -0.637. The summed E-state index contributed by atoms with van der Waals surface area (Å²) in [5, 5.41) is 10.9. The Morgan fingerprint density at radius 1 is 1.16 bits per heavy atom. The van der Waals surface area contributed by atoms with E-state index in [0.717, 1.165) is 66.3 Å². The minimum Gasteiger partial charge on any atom is -0.405 e. The summed E-state index contributed by atoms with van der Waals surface area (Å²) in [6, 6.07) is 7.22. The third-order valence-corrected chi connectivity index (χ3v) is 10.2. The van der Waals surface area contributed by atoms with Gasteiger partial charge < -0.3 is 21.1 Å². The number of aromatic nitrogens is 2. The van der Waals surface area contributed by atoms with Crippen LogP contribution in [0.5, 0.6) is 0 Å². The molecule has 0 bridgehead atoms. The molecule has 2 aliphatic rings. The molecule has 11 heteroatoms. The van der Waals surface area contributed by atoms with Crippen molar-refractivity contribution in [2.24, 2.45) is 28.5 Å². The molecule has 0 spiro atoms. The van der Waals surface area contributed by atoms with Crippen molar-refractivity contribution in [2.45, 2.75) is 52.3 Å². The van der Waals surface area contributed by atoms with Crippen LogP contribution in [0.3, 0.4) is 0 Å². The van der Waals surface area contributed by atoms with E-state index in [0.29, 0.717) is 30.8 Å². The van der Waals surface area contributed by atoms with Crippen LogP contribution >= 0.6 is 21.8 Å². The average Bonchev–Trinajstić information content (AvgIpc) is 3.91. The summed E-state index contributed by atoms with van der Waals surface area (Å²) in [5.41, 5.74) is 10.6. The van der Waals surface area contributed by atoms with Crippen LogP contribution in [0, 0.1) is 31.6 Å². The normalized spacial score (nSPS) is 16.8. The Morgan fingerprint density at radius 3 is 2.39 bits per heavy atom. The zero-order valence-electron chi connectivity index (χ0n) is 27.1. The standard InChI is InChI=1S/C33H50N6O3S2/c1-22-29(23(2)39(38-22)21-42-18-20-44(4,5)6)24-11-13-27(14-12-24)36-33(41)31(30(25-7-8-25)26-9-10-26)37-32(40)28(15-16-34)35-17-19-43-3/h11-16,25-26,30-31H,7-10,17-21,34H2,1-6H3,(H,36,41)(H,37,40). The lowest BCUT2D eigenvalue weighted by Crippen LogP contribution is -2.51. The highest BCUT2D eigenvalue weighted by molar-refractivity contribution is 8.32. The average molecular weight is 643 g/mol. The number of carbonyl (C=O) groups is 2. The van der Waals surface area contributed by atoms with Gasteiger partial charge in [0.15, 0.2) is 0 Å². The van der Waals surface area contributed by atoms with E-state index in [2.05, 4.69) is 41.3 Å². The van der Waals surface area contributed by atoms with E-state index >= 15 is 0 Å². The Kier molecular flexibility index (Phi) is 12.0. The Hall–Kier alpha value is -2.76. The molecule has 2 aliphatic carbocycles. The van der Waals surface area contributed by atoms with E-state index < -0.39 is 16.1 Å². The topological polar surface area (TPSA) is 124 Å². The quantitative estimate of drug-likeness (QED) is 0.165. The molecule has 242 valence electrons. The fourth-order valence-corrected chi connectivity index (χ4v) is 6.52. The SMILES string of the molecule is CSCCN=C(C=CN)C(=O)NC(C(=O)Nc1ccc(-c2c(C)nn(COCCS(C)(C)C)c2C)cc1)C(C1CC1)C1CC1. The van der Waals surface area contributed by atoms with Crippen molar-refractivity contribution in [3.8, 4) is 11.1 Å². The number of nitrogens with one attached hydrogen (secondary N) is 2. The number of hydrogen-bond donors (Lipinski definition) is 3. The van der Waals surface area contributed by atoms with Crippen molar-refractivity contribution in [1.29, 1.82) is 0 Å². The van der Waals surface area contributed by atoms with Gasteiger partial charge in [0.1, 0.15) is 18.5 Å². The summed E-state index contributed by atoms with van der Waals surface area (Å²) >= 11 is 1.66. The van der Waals surface area contributed by atoms with Crippen LogP contribution in [-0.2, 0) is 21.1 Å². The molecule has 0 saturated heterocycles. The molecule has 1 atom stereocenters. The Balaban J connectivity index is 1.46. The van der Waals surface area contributed by atoms with E-state index in [1.54, 1.807) is 11.8 Å². The molecule has 2 fully saturated rings. The zero-order chi connectivity index (χ0) is 31.9. The summed E-state index contributed by atoms with van der Waals surface area (Å²) in [4.78, 5) is 31.6.